The Hall–Kier alpha value is -3.27. The topological polar surface area (TPSA) is 69.6 Å². The Kier molecular flexibility index (Phi) is 6.22. The second-order valence-corrected chi connectivity index (χ2v) is 8.66. The van der Waals surface area contributed by atoms with E-state index in [0.717, 1.165) is 55.2 Å². The quantitative estimate of drug-likeness (QED) is 0.407. The van der Waals surface area contributed by atoms with Crippen molar-refractivity contribution in [2.24, 2.45) is 0 Å². The van der Waals surface area contributed by atoms with Gasteiger partial charge in [0.25, 0.3) is 0 Å². The molecule has 0 saturated heterocycles. The lowest BCUT2D eigenvalue weighted by Crippen LogP contribution is -2.37. The number of anilines is 1. The van der Waals surface area contributed by atoms with Crippen molar-refractivity contribution < 1.29 is 15.0 Å². The molecule has 3 N–H and O–H groups in total. The van der Waals surface area contributed by atoms with Crippen molar-refractivity contribution in [3.05, 3.63) is 88.5 Å². The predicted octanol–water partition coefficient (Wildman–Crippen LogP) is 6.07. The lowest BCUT2D eigenvalue weighted by Gasteiger charge is -2.31. The van der Waals surface area contributed by atoms with Crippen molar-refractivity contribution in [2.75, 3.05) is 5.32 Å². The van der Waals surface area contributed by atoms with E-state index >= 15 is 0 Å². The highest BCUT2D eigenvalue weighted by molar-refractivity contribution is 6.12. The molecule has 1 heterocycles. The van der Waals surface area contributed by atoms with Crippen molar-refractivity contribution in [3.8, 4) is 11.5 Å². The molecule has 4 nitrogen and oxygen atoms in total. The number of amides is 1. The number of rotatable bonds is 8. The minimum atomic E-state index is -1.32. The predicted molar refractivity (Wildman–Crippen MR) is 128 cm³/mol. The van der Waals surface area contributed by atoms with Gasteiger partial charge in [-0.2, -0.15) is 0 Å². The summed E-state index contributed by atoms with van der Waals surface area (Å²) in [6.45, 7) is 4.28. The summed E-state index contributed by atoms with van der Waals surface area (Å²) in [5.41, 5.74) is 3.28. The number of phenols is 2. The number of carbonyl (C=O) groups excluding carboxylic acids is 1. The second kappa shape index (κ2) is 9.07. The molecule has 0 aliphatic carbocycles. The summed E-state index contributed by atoms with van der Waals surface area (Å²) in [6, 6.07) is 18.6. The number of phenolic OH excluding ortho intramolecular Hbond substituents is 2. The van der Waals surface area contributed by atoms with Gasteiger partial charge < -0.3 is 15.5 Å². The van der Waals surface area contributed by atoms with Crippen LogP contribution in [0.2, 0.25) is 0 Å². The molecule has 0 saturated carbocycles. The van der Waals surface area contributed by atoms with E-state index in [2.05, 4.69) is 19.2 Å². The molecule has 4 heteroatoms. The molecular formula is C28H31NO3. The van der Waals surface area contributed by atoms with Gasteiger partial charge in [0.2, 0.25) is 5.91 Å². The third-order valence-electron chi connectivity index (χ3n) is 6.49. The smallest absolute Gasteiger partial charge is 0.244 e. The summed E-state index contributed by atoms with van der Waals surface area (Å²) in [7, 11) is 0. The molecule has 3 aromatic rings. The SMILES string of the molecule is CCCCc1ccc(O)c(C2(c3cc(CCCC)ccc3O)C(=O)Nc3ccccc32)c1. The number of hydrogen-bond donors (Lipinski definition) is 3. The zero-order chi connectivity index (χ0) is 22.7. The first-order valence-corrected chi connectivity index (χ1v) is 11.6. The fraction of sp³-hybridized carbons (Fsp3) is 0.321. The Balaban J connectivity index is 2.01. The van der Waals surface area contributed by atoms with Crippen LogP contribution in [0.4, 0.5) is 5.69 Å². The maximum atomic E-state index is 13.8. The number of carbonyl (C=O) groups is 1. The Morgan fingerprint density at radius 3 is 1.81 bits per heavy atom. The van der Waals surface area contributed by atoms with E-state index in [9.17, 15) is 15.0 Å². The van der Waals surface area contributed by atoms with Gasteiger partial charge in [0.05, 0.1) is 0 Å². The van der Waals surface area contributed by atoms with E-state index in [0.29, 0.717) is 16.8 Å². The summed E-state index contributed by atoms with van der Waals surface area (Å²) >= 11 is 0. The first kappa shape index (κ1) is 21.9. The van der Waals surface area contributed by atoms with Gasteiger partial charge in [0, 0.05) is 22.4 Å². The van der Waals surface area contributed by atoms with Gasteiger partial charge in [-0.15, -0.1) is 0 Å². The van der Waals surface area contributed by atoms with Crippen molar-refractivity contribution in [1.82, 2.24) is 0 Å². The summed E-state index contributed by atoms with van der Waals surface area (Å²) < 4.78 is 0. The van der Waals surface area contributed by atoms with Crippen molar-refractivity contribution >= 4 is 11.6 Å². The van der Waals surface area contributed by atoms with Crippen LogP contribution in [0.3, 0.4) is 0 Å². The summed E-state index contributed by atoms with van der Waals surface area (Å²) in [6.07, 6.45) is 5.91. The Bertz CT molecular complexity index is 1080. The van der Waals surface area contributed by atoms with Crippen LogP contribution in [0.25, 0.3) is 0 Å². The Morgan fingerprint density at radius 2 is 1.28 bits per heavy atom. The fourth-order valence-electron chi connectivity index (χ4n) is 4.78. The normalized spacial score (nSPS) is 14.2. The van der Waals surface area contributed by atoms with Crippen LogP contribution in [0, 0.1) is 0 Å². The number of benzene rings is 3. The summed E-state index contributed by atoms with van der Waals surface area (Å²) in [5.74, 6) is -0.157. The molecule has 3 aromatic carbocycles. The van der Waals surface area contributed by atoms with E-state index in [-0.39, 0.29) is 17.4 Å². The Morgan fingerprint density at radius 1 is 0.750 bits per heavy atom. The standard InChI is InChI=1S/C28H31NO3/c1-3-5-9-19-13-15-25(30)22(17-19)28(21-11-7-8-12-24(21)29-27(28)32)23-18-20(10-6-4-2)14-16-26(23)31/h7-8,11-18,30-31H,3-6,9-10H2,1-2H3,(H,29,32). The lowest BCUT2D eigenvalue weighted by atomic mass is 9.68. The molecule has 0 aromatic heterocycles. The maximum Gasteiger partial charge on any atom is 0.244 e. The van der Waals surface area contributed by atoms with Crippen LogP contribution < -0.4 is 5.32 Å². The molecule has 32 heavy (non-hydrogen) atoms. The summed E-state index contributed by atoms with van der Waals surface area (Å²) in [4.78, 5) is 13.8. The first-order chi connectivity index (χ1) is 15.5. The molecule has 0 spiro atoms. The number of aryl methyl sites for hydroxylation is 2. The fourth-order valence-corrected chi connectivity index (χ4v) is 4.78. The average Bonchev–Trinajstić information content (AvgIpc) is 3.10. The van der Waals surface area contributed by atoms with Gasteiger partial charge in [0.15, 0.2) is 0 Å². The highest BCUT2D eigenvalue weighted by Crippen LogP contribution is 2.52. The van der Waals surface area contributed by atoms with E-state index in [4.69, 9.17) is 0 Å². The maximum absolute atomic E-state index is 13.8. The third kappa shape index (κ3) is 3.64. The largest absolute Gasteiger partial charge is 0.508 e. The highest BCUT2D eigenvalue weighted by atomic mass is 16.3. The van der Waals surface area contributed by atoms with Gasteiger partial charge >= 0.3 is 0 Å². The van der Waals surface area contributed by atoms with E-state index < -0.39 is 5.41 Å². The van der Waals surface area contributed by atoms with E-state index in [1.807, 2.05) is 48.5 Å². The number of unbranched alkanes of at least 4 members (excludes halogenated alkanes) is 2. The third-order valence-corrected chi connectivity index (χ3v) is 6.49. The van der Waals surface area contributed by atoms with Crippen molar-refractivity contribution in [1.29, 1.82) is 0 Å². The molecule has 1 aliphatic heterocycles. The van der Waals surface area contributed by atoms with Crippen molar-refractivity contribution in [2.45, 2.75) is 57.8 Å². The summed E-state index contributed by atoms with van der Waals surface area (Å²) in [5, 5.41) is 25.1. The number of hydrogen-bond acceptors (Lipinski definition) is 3. The zero-order valence-corrected chi connectivity index (χ0v) is 18.8. The van der Waals surface area contributed by atoms with Gasteiger partial charge in [-0.3, -0.25) is 4.79 Å². The lowest BCUT2D eigenvalue weighted by molar-refractivity contribution is -0.118. The minimum Gasteiger partial charge on any atom is -0.508 e. The van der Waals surface area contributed by atoms with Crippen LogP contribution in [0.15, 0.2) is 60.7 Å². The minimum absolute atomic E-state index is 0.0514. The molecular weight excluding hydrogens is 398 g/mol. The van der Waals surface area contributed by atoms with Gasteiger partial charge in [0.1, 0.15) is 16.9 Å². The Labute approximate surface area is 189 Å². The zero-order valence-electron chi connectivity index (χ0n) is 18.8. The van der Waals surface area contributed by atoms with E-state index in [1.165, 1.54) is 0 Å². The number of aromatic hydroxyl groups is 2. The van der Waals surface area contributed by atoms with Crippen LogP contribution in [-0.4, -0.2) is 16.1 Å². The van der Waals surface area contributed by atoms with Gasteiger partial charge in [-0.05, 0) is 55.0 Å². The molecule has 4 rings (SSSR count). The molecule has 0 unspecified atom stereocenters. The van der Waals surface area contributed by atoms with Crippen LogP contribution in [0.1, 0.15) is 67.3 Å². The molecule has 1 amide bonds. The monoisotopic (exact) mass is 429 g/mol. The van der Waals surface area contributed by atoms with Crippen LogP contribution >= 0.6 is 0 Å². The van der Waals surface area contributed by atoms with E-state index in [1.54, 1.807) is 12.1 Å². The number of nitrogens with one attached hydrogen (secondary N) is 1. The number of para-hydroxylation sites is 1. The molecule has 0 bridgehead atoms. The van der Waals surface area contributed by atoms with Crippen molar-refractivity contribution in [3.63, 3.8) is 0 Å². The molecule has 0 fully saturated rings. The van der Waals surface area contributed by atoms with Crippen LogP contribution in [0.5, 0.6) is 11.5 Å². The highest BCUT2D eigenvalue weighted by Gasteiger charge is 2.52. The van der Waals surface area contributed by atoms with Crippen LogP contribution in [-0.2, 0) is 23.1 Å². The molecule has 0 radical (unpaired) electrons. The average molecular weight is 430 g/mol. The second-order valence-electron chi connectivity index (χ2n) is 8.66. The number of fused-ring (bicyclic) bond motifs is 1. The molecule has 0 atom stereocenters. The first-order valence-electron chi connectivity index (χ1n) is 11.6. The molecule has 166 valence electrons. The molecule has 1 aliphatic rings. The van der Waals surface area contributed by atoms with Gasteiger partial charge in [-0.25, -0.2) is 0 Å². The van der Waals surface area contributed by atoms with Gasteiger partial charge in [-0.1, -0.05) is 69.2 Å².